The minimum Gasteiger partial charge on any atom is -0.370 e. The molecule has 7 heteroatoms. The second-order valence-corrected chi connectivity index (χ2v) is 3.49. The first kappa shape index (κ1) is 12.6. The van der Waals surface area contributed by atoms with Crippen LogP contribution in [-0.2, 0) is 6.18 Å². The van der Waals surface area contributed by atoms with Crippen LogP contribution in [0.1, 0.15) is 5.56 Å². The van der Waals surface area contributed by atoms with E-state index < -0.39 is 17.7 Å². The molecule has 0 saturated heterocycles. The highest BCUT2D eigenvalue weighted by atomic mass is 35.5. The van der Waals surface area contributed by atoms with E-state index in [1.807, 2.05) is 0 Å². The van der Waals surface area contributed by atoms with Crippen LogP contribution < -0.4 is 10.6 Å². The molecule has 3 nitrogen and oxygen atoms in total. The average Bonchev–Trinajstić information content (AvgIpc) is 2.14. The quantitative estimate of drug-likeness (QED) is 0.596. The lowest BCUT2D eigenvalue weighted by molar-refractivity contribution is -0.137. The van der Waals surface area contributed by atoms with E-state index in [9.17, 15) is 13.2 Å². The summed E-state index contributed by atoms with van der Waals surface area (Å²) in [6, 6.07) is 3.40. The minimum absolute atomic E-state index is 0.104. The van der Waals surface area contributed by atoms with Crippen molar-refractivity contribution >= 4 is 23.2 Å². The van der Waals surface area contributed by atoms with Gasteiger partial charge in [0.1, 0.15) is 0 Å². The van der Waals surface area contributed by atoms with E-state index in [2.05, 4.69) is 0 Å². The second-order valence-electron chi connectivity index (χ2n) is 3.08. The maximum Gasteiger partial charge on any atom is 0.418 e. The molecule has 0 aliphatic carbocycles. The third-order valence-corrected chi connectivity index (χ3v) is 2.29. The molecule has 0 fully saturated rings. The Morgan fingerprint density at radius 1 is 1.44 bits per heavy atom. The third-order valence-electron chi connectivity index (χ3n) is 1.99. The molecule has 88 valence electrons. The van der Waals surface area contributed by atoms with Crippen LogP contribution in [0.3, 0.4) is 0 Å². The molecule has 0 atom stereocenters. The number of anilines is 1. The molecule has 0 amide bonds. The zero-order valence-corrected chi connectivity index (χ0v) is 9.02. The first-order chi connectivity index (χ1) is 7.25. The molecule has 0 bridgehead atoms. The van der Waals surface area contributed by atoms with Crippen molar-refractivity contribution < 1.29 is 13.2 Å². The maximum atomic E-state index is 12.7. The molecule has 0 radical (unpaired) electrons. The lowest BCUT2D eigenvalue weighted by atomic mass is 10.1. The Kier molecular flexibility index (Phi) is 3.32. The molecule has 0 saturated carbocycles. The van der Waals surface area contributed by atoms with Crippen molar-refractivity contribution in [1.29, 1.82) is 5.41 Å². The molecule has 0 aliphatic heterocycles. The highest BCUT2D eigenvalue weighted by Gasteiger charge is 2.35. The van der Waals surface area contributed by atoms with E-state index >= 15 is 0 Å². The first-order valence-electron chi connectivity index (χ1n) is 4.18. The number of benzene rings is 1. The Morgan fingerprint density at radius 2 is 2.00 bits per heavy atom. The van der Waals surface area contributed by atoms with Crippen LogP contribution in [0.2, 0.25) is 5.02 Å². The molecule has 16 heavy (non-hydrogen) atoms. The van der Waals surface area contributed by atoms with Crippen molar-refractivity contribution in [1.82, 2.24) is 0 Å². The molecule has 1 aromatic rings. The number of nitrogens with one attached hydrogen (secondary N) is 1. The van der Waals surface area contributed by atoms with Gasteiger partial charge in [-0.3, -0.25) is 5.41 Å². The number of para-hydroxylation sites is 1. The van der Waals surface area contributed by atoms with Gasteiger partial charge in [-0.1, -0.05) is 17.7 Å². The topological polar surface area (TPSA) is 53.1 Å². The standard InChI is InChI=1S/C9H9ClF3N3/c1-16(8(14)15)7-5(9(11,12)13)3-2-4-6(7)10/h2-4H,1H3,(H3,14,15). The summed E-state index contributed by atoms with van der Waals surface area (Å²) in [5.41, 5.74) is 3.90. The number of nitrogens with two attached hydrogens (primary N) is 1. The normalized spacial score (nSPS) is 11.3. The summed E-state index contributed by atoms with van der Waals surface area (Å²) < 4.78 is 38.0. The van der Waals surface area contributed by atoms with Crippen LogP contribution in [0.15, 0.2) is 18.2 Å². The van der Waals surface area contributed by atoms with Gasteiger partial charge in [-0.25, -0.2) is 0 Å². The van der Waals surface area contributed by atoms with E-state index in [1.54, 1.807) is 0 Å². The number of alkyl halides is 3. The highest BCUT2D eigenvalue weighted by Crippen LogP contribution is 2.39. The molecule has 0 unspecified atom stereocenters. The summed E-state index contributed by atoms with van der Waals surface area (Å²) in [4.78, 5) is 0.880. The average molecular weight is 252 g/mol. The Bertz CT molecular complexity index is 417. The zero-order valence-electron chi connectivity index (χ0n) is 8.27. The van der Waals surface area contributed by atoms with Crippen molar-refractivity contribution in [2.45, 2.75) is 6.18 Å². The van der Waals surface area contributed by atoms with Gasteiger partial charge in [0.25, 0.3) is 0 Å². The molecule has 1 aromatic carbocycles. The highest BCUT2D eigenvalue weighted by molar-refractivity contribution is 6.34. The van der Waals surface area contributed by atoms with Gasteiger partial charge in [0.2, 0.25) is 0 Å². The van der Waals surface area contributed by atoms with Gasteiger partial charge in [0, 0.05) is 7.05 Å². The van der Waals surface area contributed by atoms with E-state index in [-0.39, 0.29) is 10.7 Å². The van der Waals surface area contributed by atoms with E-state index in [0.717, 1.165) is 11.0 Å². The minimum atomic E-state index is -4.54. The number of rotatable bonds is 1. The summed E-state index contributed by atoms with van der Waals surface area (Å²) in [7, 11) is 1.25. The van der Waals surface area contributed by atoms with Crippen molar-refractivity contribution in [2.24, 2.45) is 5.73 Å². The van der Waals surface area contributed by atoms with Gasteiger partial charge in [-0.15, -0.1) is 0 Å². The molecule has 0 heterocycles. The lowest BCUT2D eigenvalue weighted by Gasteiger charge is -2.22. The van der Waals surface area contributed by atoms with Gasteiger partial charge in [-0.2, -0.15) is 13.2 Å². The van der Waals surface area contributed by atoms with Crippen LogP contribution in [0, 0.1) is 5.41 Å². The fourth-order valence-electron chi connectivity index (χ4n) is 1.21. The second kappa shape index (κ2) is 4.21. The number of hydrogen-bond donors (Lipinski definition) is 2. The summed E-state index contributed by atoms with van der Waals surface area (Å²) in [6.07, 6.45) is -4.54. The third kappa shape index (κ3) is 2.38. The van der Waals surface area contributed by atoms with Crippen LogP contribution in [0.4, 0.5) is 18.9 Å². The SMILES string of the molecule is CN(C(=N)N)c1c(Cl)cccc1C(F)(F)F. The van der Waals surface area contributed by atoms with Gasteiger partial charge >= 0.3 is 6.18 Å². The lowest BCUT2D eigenvalue weighted by Crippen LogP contribution is -2.34. The fourth-order valence-corrected chi connectivity index (χ4v) is 1.51. The predicted molar refractivity (Wildman–Crippen MR) is 56.8 cm³/mol. The summed E-state index contributed by atoms with van der Waals surface area (Å²) in [6.45, 7) is 0. The molecule has 1 rings (SSSR count). The number of hydrogen-bond acceptors (Lipinski definition) is 1. The summed E-state index contributed by atoms with van der Waals surface area (Å²) in [5.74, 6) is -0.515. The van der Waals surface area contributed by atoms with Crippen molar-refractivity contribution in [3.8, 4) is 0 Å². The zero-order chi connectivity index (χ0) is 12.5. The summed E-state index contributed by atoms with van der Waals surface area (Å²) >= 11 is 5.68. The fraction of sp³-hybridized carbons (Fsp3) is 0.222. The van der Waals surface area contributed by atoms with Crippen molar-refractivity contribution in [2.75, 3.05) is 11.9 Å². The van der Waals surface area contributed by atoms with Crippen LogP contribution in [0.5, 0.6) is 0 Å². The van der Waals surface area contributed by atoms with Gasteiger partial charge in [0.05, 0.1) is 16.3 Å². The number of halogens is 4. The Morgan fingerprint density at radius 3 is 2.44 bits per heavy atom. The van der Waals surface area contributed by atoms with E-state index in [0.29, 0.717) is 0 Å². The largest absolute Gasteiger partial charge is 0.418 e. The van der Waals surface area contributed by atoms with E-state index in [1.165, 1.54) is 19.2 Å². The molecular formula is C9H9ClF3N3. The smallest absolute Gasteiger partial charge is 0.370 e. The Labute approximate surface area is 95.1 Å². The Balaban J connectivity index is 3.41. The van der Waals surface area contributed by atoms with Gasteiger partial charge in [0.15, 0.2) is 5.96 Å². The van der Waals surface area contributed by atoms with Crippen LogP contribution in [-0.4, -0.2) is 13.0 Å². The molecular weight excluding hydrogens is 243 g/mol. The van der Waals surface area contributed by atoms with E-state index in [4.69, 9.17) is 22.7 Å². The number of nitrogens with zero attached hydrogens (tertiary/aromatic N) is 1. The predicted octanol–water partition coefficient (Wildman–Crippen LogP) is 2.69. The monoisotopic (exact) mass is 251 g/mol. The molecule has 0 aliphatic rings. The maximum absolute atomic E-state index is 12.7. The van der Waals surface area contributed by atoms with Crippen molar-refractivity contribution in [3.05, 3.63) is 28.8 Å². The molecule has 3 N–H and O–H groups in total. The van der Waals surface area contributed by atoms with Crippen molar-refractivity contribution in [3.63, 3.8) is 0 Å². The molecule has 0 aromatic heterocycles. The van der Waals surface area contributed by atoms with Crippen LogP contribution >= 0.6 is 11.6 Å². The summed E-state index contributed by atoms with van der Waals surface area (Å²) in [5, 5.41) is 7.01. The molecule has 0 spiro atoms. The number of guanidine groups is 1. The Hall–Kier alpha value is -1.43. The van der Waals surface area contributed by atoms with Gasteiger partial charge in [-0.05, 0) is 12.1 Å². The van der Waals surface area contributed by atoms with Gasteiger partial charge < -0.3 is 10.6 Å². The van der Waals surface area contributed by atoms with Crippen LogP contribution in [0.25, 0.3) is 0 Å². The first-order valence-corrected chi connectivity index (χ1v) is 4.56.